The number of carbonyl (C=O) groups excluding carboxylic acids is 1. The van der Waals surface area contributed by atoms with Gasteiger partial charge in [0.2, 0.25) is 5.91 Å². The maximum atomic E-state index is 12.0. The Balaban J connectivity index is 1.44. The number of benzene rings is 1. The molecule has 0 bridgehead atoms. The van der Waals surface area contributed by atoms with Gasteiger partial charge < -0.3 is 15.1 Å². The highest BCUT2D eigenvalue weighted by atomic mass is 16.1. The van der Waals surface area contributed by atoms with E-state index in [0.717, 1.165) is 49.2 Å². The van der Waals surface area contributed by atoms with Gasteiger partial charge in [0.05, 0.1) is 5.52 Å². The molecule has 1 saturated heterocycles. The van der Waals surface area contributed by atoms with Crippen molar-refractivity contribution in [2.24, 2.45) is 0 Å². The minimum Gasteiger partial charge on any atom is -0.352 e. The number of carbonyl (C=O) groups is 1. The number of likely N-dealkylation sites (N-methyl/N-ethyl adjacent to an activating group) is 1. The number of nitrogens with one attached hydrogen (secondary N) is 1. The van der Waals surface area contributed by atoms with E-state index < -0.39 is 0 Å². The highest BCUT2D eigenvalue weighted by molar-refractivity contribution is 5.79. The monoisotopic (exact) mass is 312 g/mol. The zero-order chi connectivity index (χ0) is 16.1. The quantitative estimate of drug-likeness (QED) is 0.909. The third-order valence-electron chi connectivity index (χ3n) is 4.41. The van der Waals surface area contributed by atoms with Gasteiger partial charge in [0.1, 0.15) is 0 Å². The predicted octanol–water partition coefficient (Wildman–Crippen LogP) is 1.49. The molecule has 0 spiro atoms. The van der Waals surface area contributed by atoms with Crippen LogP contribution < -0.4 is 5.32 Å². The van der Waals surface area contributed by atoms with E-state index in [1.54, 1.807) is 6.20 Å². The summed E-state index contributed by atoms with van der Waals surface area (Å²) >= 11 is 0. The number of piperazine rings is 1. The standard InChI is InChI=1S/C18H24N4O/c1-21-9-11-22(12-10-21)8-6-18(23)20-14-15-4-5-17-16(13-15)3-2-7-19-17/h2-5,7,13H,6,8-12,14H2,1H3,(H,20,23). The van der Waals surface area contributed by atoms with Crippen molar-refractivity contribution in [1.29, 1.82) is 0 Å². The lowest BCUT2D eigenvalue weighted by atomic mass is 10.1. The number of aromatic nitrogens is 1. The van der Waals surface area contributed by atoms with Crippen LogP contribution in [0.3, 0.4) is 0 Å². The SMILES string of the molecule is CN1CCN(CCC(=O)NCc2ccc3ncccc3c2)CC1. The number of amides is 1. The Kier molecular flexibility index (Phi) is 5.20. The second-order valence-electron chi connectivity index (χ2n) is 6.20. The van der Waals surface area contributed by atoms with Gasteiger partial charge in [-0.05, 0) is 30.8 Å². The molecule has 1 aromatic heterocycles. The minimum absolute atomic E-state index is 0.121. The zero-order valence-corrected chi connectivity index (χ0v) is 13.7. The van der Waals surface area contributed by atoms with Crippen molar-refractivity contribution in [2.75, 3.05) is 39.8 Å². The molecule has 1 N–H and O–H groups in total. The number of pyridine rings is 1. The molecule has 122 valence electrons. The minimum atomic E-state index is 0.121. The Labute approximate surface area is 137 Å². The molecule has 1 aliphatic rings. The van der Waals surface area contributed by atoms with E-state index in [0.29, 0.717) is 13.0 Å². The fourth-order valence-corrected chi connectivity index (χ4v) is 2.86. The summed E-state index contributed by atoms with van der Waals surface area (Å²) in [6.07, 6.45) is 2.36. The molecule has 0 unspecified atom stereocenters. The summed E-state index contributed by atoms with van der Waals surface area (Å²) in [6.45, 7) is 5.72. The number of hydrogen-bond acceptors (Lipinski definition) is 4. The number of hydrogen-bond donors (Lipinski definition) is 1. The average molecular weight is 312 g/mol. The molecule has 1 aromatic carbocycles. The maximum Gasteiger partial charge on any atom is 0.221 e. The molecular weight excluding hydrogens is 288 g/mol. The molecule has 0 aliphatic carbocycles. The normalized spacial score (nSPS) is 16.6. The molecule has 1 aliphatic heterocycles. The molecular formula is C18H24N4O. The second-order valence-corrected chi connectivity index (χ2v) is 6.20. The van der Waals surface area contributed by atoms with E-state index in [9.17, 15) is 4.79 Å². The molecule has 5 nitrogen and oxygen atoms in total. The lowest BCUT2D eigenvalue weighted by molar-refractivity contribution is -0.121. The van der Waals surface area contributed by atoms with Crippen LogP contribution in [0, 0.1) is 0 Å². The van der Waals surface area contributed by atoms with Gasteiger partial charge in [0.25, 0.3) is 0 Å². The number of fused-ring (bicyclic) bond motifs is 1. The van der Waals surface area contributed by atoms with E-state index >= 15 is 0 Å². The van der Waals surface area contributed by atoms with E-state index in [4.69, 9.17) is 0 Å². The Morgan fingerprint density at radius 3 is 2.87 bits per heavy atom. The first-order valence-corrected chi connectivity index (χ1v) is 8.22. The third-order valence-corrected chi connectivity index (χ3v) is 4.41. The third kappa shape index (κ3) is 4.50. The van der Waals surface area contributed by atoms with Crippen molar-refractivity contribution in [1.82, 2.24) is 20.1 Å². The molecule has 3 rings (SSSR count). The van der Waals surface area contributed by atoms with Crippen LogP contribution in [-0.4, -0.2) is 60.5 Å². The van der Waals surface area contributed by atoms with Gasteiger partial charge >= 0.3 is 0 Å². The Hall–Kier alpha value is -1.98. The van der Waals surface area contributed by atoms with E-state index in [1.807, 2.05) is 24.3 Å². The molecule has 0 atom stereocenters. The van der Waals surface area contributed by atoms with Gasteiger partial charge in [-0.2, -0.15) is 0 Å². The fourth-order valence-electron chi connectivity index (χ4n) is 2.86. The largest absolute Gasteiger partial charge is 0.352 e. The molecule has 0 saturated carbocycles. The van der Waals surface area contributed by atoms with Crippen molar-refractivity contribution < 1.29 is 4.79 Å². The maximum absolute atomic E-state index is 12.0. The van der Waals surface area contributed by atoms with Gasteiger partial charge in [-0.1, -0.05) is 12.1 Å². The van der Waals surface area contributed by atoms with Gasteiger partial charge in [-0.15, -0.1) is 0 Å². The van der Waals surface area contributed by atoms with E-state index in [1.165, 1.54) is 0 Å². The van der Waals surface area contributed by atoms with E-state index in [2.05, 4.69) is 33.2 Å². The van der Waals surface area contributed by atoms with Crippen LogP contribution in [0.2, 0.25) is 0 Å². The number of nitrogens with zero attached hydrogens (tertiary/aromatic N) is 3. The highest BCUT2D eigenvalue weighted by Gasteiger charge is 2.14. The van der Waals surface area contributed by atoms with E-state index in [-0.39, 0.29) is 5.91 Å². The highest BCUT2D eigenvalue weighted by Crippen LogP contribution is 2.13. The summed E-state index contributed by atoms with van der Waals surface area (Å²) in [5, 5.41) is 4.12. The fraction of sp³-hybridized carbons (Fsp3) is 0.444. The first-order valence-electron chi connectivity index (χ1n) is 8.22. The zero-order valence-electron chi connectivity index (χ0n) is 13.7. The van der Waals surface area contributed by atoms with Crippen LogP contribution in [0.1, 0.15) is 12.0 Å². The van der Waals surface area contributed by atoms with Gasteiger partial charge in [0.15, 0.2) is 0 Å². The van der Waals surface area contributed by atoms with Gasteiger partial charge in [-0.25, -0.2) is 0 Å². The molecule has 2 heterocycles. The summed E-state index contributed by atoms with van der Waals surface area (Å²) in [5.41, 5.74) is 2.09. The van der Waals surface area contributed by atoms with Crippen LogP contribution in [-0.2, 0) is 11.3 Å². The first kappa shape index (κ1) is 15.9. The smallest absolute Gasteiger partial charge is 0.221 e. The number of rotatable bonds is 5. The second kappa shape index (κ2) is 7.53. The van der Waals surface area contributed by atoms with Crippen molar-refractivity contribution in [3.63, 3.8) is 0 Å². The summed E-state index contributed by atoms with van der Waals surface area (Å²) in [5.74, 6) is 0.121. The Morgan fingerprint density at radius 1 is 1.22 bits per heavy atom. The summed E-state index contributed by atoms with van der Waals surface area (Å²) in [7, 11) is 2.14. The molecule has 5 heteroatoms. The van der Waals surface area contributed by atoms with Crippen molar-refractivity contribution in [2.45, 2.75) is 13.0 Å². The van der Waals surface area contributed by atoms with Gasteiger partial charge in [0, 0.05) is 57.3 Å². The molecule has 23 heavy (non-hydrogen) atoms. The summed E-state index contributed by atoms with van der Waals surface area (Å²) < 4.78 is 0. The molecule has 1 fully saturated rings. The lowest BCUT2D eigenvalue weighted by Gasteiger charge is -2.32. The average Bonchev–Trinajstić information content (AvgIpc) is 2.59. The van der Waals surface area contributed by atoms with Crippen LogP contribution >= 0.6 is 0 Å². The first-order chi connectivity index (χ1) is 11.2. The van der Waals surface area contributed by atoms with Crippen molar-refractivity contribution in [3.8, 4) is 0 Å². The van der Waals surface area contributed by atoms with Crippen LogP contribution in [0.25, 0.3) is 10.9 Å². The Bertz CT molecular complexity index is 665. The summed E-state index contributed by atoms with van der Waals surface area (Å²) in [4.78, 5) is 21.0. The molecule has 0 radical (unpaired) electrons. The van der Waals surface area contributed by atoms with Crippen LogP contribution in [0.5, 0.6) is 0 Å². The van der Waals surface area contributed by atoms with Crippen molar-refractivity contribution >= 4 is 16.8 Å². The predicted molar refractivity (Wildman–Crippen MR) is 92.1 cm³/mol. The molecule has 2 aromatic rings. The molecule has 1 amide bonds. The van der Waals surface area contributed by atoms with Gasteiger partial charge in [-0.3, -0.25) is 9.78 Å². The van der Waals surface area contributed by atoms with Crippen LogP contribution in [0.4, 0.5) is 0 Å². The topological polar surface area (TPSA) is 48.5 Å². The lowest BCUT2D eigenvalue weighted by Crippen LogP contribution is -2.45. The van der Waals surface area contributed by atoms with Crippen LogP contribution in [0.15, 0.2) is 36.5 Å². The summed E-state index contributed by atoms with van der Waals surface area (Å²) in [6, 6.07) is 10.1. The van der Waals surface area contributed by atoms with Crippen molar-refractivity contribution in [3.05, 3.63) is 42.1 Å². The Morgan fingerprint density at radius 2 is 2.04 bits per heavy atom.